The second-order valence-corrected chi connectivity index (χ2v) is 6.28. The van der Waals surface area contributed by atoms with Crippen molar-refractivity contribution < 1.29 is 12.6 Å². The van der Waals surface area contributed by atoms with Gasteiger partial charge in [0.25, 0.3) is 10.1 Å². The highest BCUT2D eigenvalue weighted by molar-refractivity contribution is 7.86. The first-order chi connectivity index (χ1) is 7.96. The monoisotopic (exact) mass is 275 g/mol. The van der Waals surface area contributed by atoms with Gasteiger partial charge in [-0.15, -0.1) is 0 Å². The summed E-state index contributed by atoms with van der Waals surface area (Å²) in [5.41, 5.74) is 0.987. The summed E-state index contributed by atoms with van der Waals surface area (Å²) in [6, 6.07) is 3.59. The van der Waals surface area contributed by atoms with Gasteiger partial charge in [0.2, 0.25) is 0 Å². The Morgan fingerprint density at radius 1 is 1.41 bits per heavy atom. The van der Waals surface area contributed by atoms with Gasteiger partial charge >= 0.3 is 0 Å². The predicted molar refractivity (Wildman–Crippen MR) is 65.6 cm³/mol. The zero-order valence-electron chi connectivity index (χ0n) is 9.47. The predicted octanol–water partition coefficient (Wildman–Crippen LogP) is 2.35. The van der Waals surface area contributed by atoms with Crippen LogP contribution in [0.5, 0.6) is 0 Å². The normalized spacial score (nSPS) is 25.1. The largest absolute Gasteiger partial charge is 0.266 e. The summed E-state index contributed by atoms with van der Waals surface area (Å²) in [7, 11) is -3.40. The number of pyridine rings is 1. The number of halogens is 1. The van der Waals surface area contributed by atoms with Gasteiger partial charge in [-0.25, -0.2) is 4.98 Å². The van der Waals surface area contributed by atoms with Gasteiger partial charge in [-0.3, -0.25) is 4.18 Å². The first-order valence-electron chi connectivity index (χ1n) is 5.45. The Labute approximate surface area is 106 Å². The Bertz CT molecular complexity index is 486. The first kappa shape index (κ1) is 12.8. The third-order valence-corrected chi connectivity index (χ3v) is 3.75. The average molecular weight is 276 g/mol. The second-order valence-electron chi connectivity index (χ2n) is 4.29. The van der Waals surface area contributed by atoms with E-state index in [-0.39, 0.29) is 12.0 Å². The topological polar surface area (TPSA) is 56.3 Å². The highest BCUT2D eigenvalue weighted by Crippen LogP contribution is 2.37. The summed E-state index contributed by atoms with van der Waals surface area (Å²) in [6.07, 6.45) is 5.16. The van der Waals surface area contributed by atoms with E-state index in [1.54, 1.807) is 12.3 Å². The van der Waals surface area contributed by atoms with E-state index in [0.717, 1.165) is 31.1 Å². The van der Waals surface area contributed by atoms with Crippen LogP contribution in [-0.4, -0.2) is 25.8 Å². The van der Waals surface area contributed by atoms with Gasteiger partial charge in [0, 0.05) is 12.1 Å². The van der Waals surface area contributed by atoms with Crippen LogP contribution in [0.3, 0.4) is 0 Å². The minimum Gasteiger partial charge on any atom is -0.266 e. The quantitative estimate of drug-likeness (QED) is 0.628. The molecule has 1 aliphatic carbocycles. The van der Waals surface area contributed by atoms with E-state index in [9.17, 15) is 8.42 Å². The van der Waals surface area contributed by atoms with Crippen molar-refractivity contribution in [2.45, 2.75) is 31.3 Å². The Hall–Kier alpha value is -0.650. The van der Waals surface area contributed by atoms with Crippen molar-refractivity contribution in [3.05, 3.63) is 29.0 Å². The van der Waals surface area contributed by atoms with Crippen LogP contribution in [0.2, 0.25) is 5.15 Å². The van der Waals surface area contributed by atoms with Crippen LogP contribution in [0.15, 0.2) is 18.3 Å². The van der Waals surface area contributed by atoms with Crippen molar-refractivity contribution in [3.8, 4) is 0 Å². The van der Waals surface area contributed by atoms with E-state index in [0.29, 0.717) is 5.15 Å². The maximum atomic E-state index is 11.2. The van der Waals surface area contributed by atoms with Crippen LogP contribution < -0.4 is 0 Å². The summed E-state index contributed by atoms with van der Waals surface area (Å²) >= 11 is 5.72. The fourth-order valence-electron chi connectivity index (χ4n) is 2.25. The van der Waals surface area contributed by atoms with Crippen molar-refractivity contribution in [1.29, 1.82) is 0 Å². The second kappa shape index (κ2) is 4.92. The molecule has 4 nitrogen and oxygen atoms in total. The number of aromatic nitrogens is 1. The molecule has 0 aromatic carbocycles. The van der Waals surface area contributed by atoms with E-state index in [4.69, 9.17) is 15.8 Å². The highest BCUT2D eigenvalue weighted by atomic mass is 35.5. The summed E-state index contributed by atoms with van der Waals surface area (Å²) in [5.74, 6) is 0.0921. The minimum absolute atomic E-state index is 0.0921. The van der Waals surface area contributed by atoms with Crippen LogP contribution in [0, 0.1) is 0 Å². The number of hydrogen-bond donors (Lipinski definition) is 0. The molecule has 0 aliphatic heterocycles. The molecule has 1 aromatic heterocycles. The molecule has 1 saturated carbocycles. The summed E-state index contributed by atoms with van der Waals surface area (Å²) < 4.78 is 27.4. The summed E-state index contributed by atoms with van der Waals surface area (Å²) in [5, 5.41) is 0.437. The van der Waals surface area contributed by atoms with Crippen LogP contribution in [0.25, 0.3) is 0 Å². The Kier molecular flexibility index (Phi) is 3.70. The van der Waals surface area contributed by atoms with Gasteiger partial charge in [0.1, 0.15) is 5.15 Å². The average Bonchev–Trinajstić information content (AvgIpc) is 2.64. The maximum Gasteiger partial charge on any atom is 0.264 e. The molecule has 2 rings (SSSR count). The molecule has 1 heterocycles. The number of hydrogen-bond acceptors (Lipinski definition) is 4. The minimum atomic E-state index is -3.40. The van der Waals surface area contributed by atoms with Crippen LogP contribution in [0.4, 0.5) is 0 Å². The SMILES string of the molecule is CS(=O)(=O)O[C@H]1CCCC1c1ccc(Cl)nc1. The molecule has 94 valence electrons. The molecule has 17 heavy (non-hydrogen) atoms. The van der Waals surface area contributed by atoms with Gasteiger partial charge in [-0.05, 0) is 24.5 Å². The van der Waals surface area contributed by atoms with Gasteiger partial charge in [0.05, 0.1) is 12.4 Å². The lowest BCUT2D eigenvalue weighted by molar-refractivity contribution is 0.200. The standard InChI is InChI=1S/C11H14ClNO3S/c1-17(14,15)16-10-4-2-3-9(10)8-5-6-11(12)13-7-8/h5-7,9-10H,2-4H2,1H3/t9?,10-/m0/s1. The zero-order chi connectivity index (χ0) is 12.5. The van der Waals surface area contributed by atoms with Crippen molar-refractivity contribution in [2.75, 3.05) is 6.26 Å². The van der Waals surface area contributed by atoms with E-state index in [2.05, 4.69) is 4.98 Å². The maximum absolute atomic E-state index is 11.2. The molecule has 6 heteroatoms. The van der Waals surface area contributed by atoms with E-state index >= 15 is 0 Å². The molecule has 1 unspecified atom stereocenters. The zero-order valence-corrected chi connectivity index (χ0v) is 11.0. The first-order valence-corrected chi connectivity index (χ1v) is 7.65. The van der Waals surface area contributed by atoms with E-state index in [1.807, 2.05) is 6.07 Å². The lowest BCUT2D eigenvalue weighted by atomic mass is 9.98. The molecule has 1 aromatic rings. The summed E-state index contributed by atoms with van der Waals surface area (Å²) in [4.78, 5) is 4.02. The van der Waals surface area contributed by atoms with Gasteiger partial charge < -0.3 is 0 Å². The third-order valence-electron chi connectivity index (χ3n) is 2.93. The van der Waals surface area contributed by atoms with Gasteiger partial charge in [0.15, 0.2) is 0 Å². The van der Waals surface area contributed by atoms with Crippen LogP contribution in [0.1, 0.15) is 30.7 Å². The molecule has 0 radical (unpaired) electrons. The lowest BCUT2D eigenvalue weighted by Crippen LogP contribution is -2.20. The van der Waals surface area contributed by atoms with Crippen LogP contribution >= 0.6 is 11.6 Å². The van der Waals surface area contributed by atoms with Crippen molar-refractivity contribution in [1.82, 2.24) is 4.98 Å². The number of nitrogens with zero attached hydrogens (tertiary/aromatic N) is 1. The Morgan fingerprint density at radius 3 is 2.76 bits per heavy atom. The van der Waals surface area contributed by atoms with Crippen molar-refractivity contribution in [2.24, 2.45) is 0 Å². The molecule has 0 bridgehead atoms. The molecule has 0 saturated heterocycles. The Morgan fingerprint density at radius 2 is 2.18 bits per heavy atom. The molecule has 1 aliphatic rings. The van der Waals surface area contributed by atoms with Crippen molar-refractivity contribution in [3.63, 3.8) is 0 Å². The van der Waals surface area contributed by atoms with E-state index in [1.165, 1.54) is 0 Å². The molecular weight excluding hydrogens is 262 g/mol. The molecule has 0 N–H and O–H groups in total. The molecule has 1 fully saturated rings. The Balaban J connectivity index is 2.17. The van der Waals surface area contributed by atoms with Gasteiger partial charge in [-0.1, -0.05) is 24.1 Å². The van der Waals surface area contributed by atoms with Crippen LogP contribution in [-0.2, 0) is 14.3 Å². The summed E-state index contributed by atoms with van der Waals surface area (Å²) in [6.45, 7) is 0. The fraction of sp³-hybridized carbons (Fsp3) is 0.545. The lowest BCUT2D eigenvalue weighted by Gasteiger charge is -2.18. The van der Waals surface area contributed by atoms with Crippen molar-refractivity contribution >= 4 is 21.7 Å². The molecule has 0 amide bonds. The molecule has 2 atom stereocenters. The molecular formula is C11H14ClNO3S. The number of rotatable bonds is 3. The highest BCUT2D eigenvalue weighted by Gasteiger charge is 2.32. The third kappa shape index (κ3) is 3.40. The molecule has 0 spiro atoms. The van der Waals surface area contributed by atoms with Gasteiger partial charge in [-0.2, -0.15) is 8.42 Å². The smallest absolute Gasteiger partial charge is 0.264 e. The van der Waals surface area contributed by atoms with E-state index < -0.39 is 10.1 Å². The fourth-order valence-corrected chi connectivity index (χ4v) is 3.04.